The molecule has 0 saturated heterocycles. The summed E-state index contributed by atoms with van der Waals surface area (Å²) in [6.45, 7) is 2.02. The molecule has 0 aliphatic carbocycles. The monoisotopic (exact) mass is 169 g/mol. The molecule has 0 amide bonds. The lowest BCUT2D eigenvalue weighted by atomic mass is 10.4. The molecular formula is C7H15N5. The molecule has 2 N–H and O–H groups in total. The number of aromatic nitrogens is 3. The fraction of sp³-hybridized carbons (Fsp3) is 0.714. The molecule has 1 rings (SSSR count). The number of H-pyrrole nitrogens is 1. The molecule has 0 atom stereocenters. The van der Waals surface area contributed by atoms with Gasteiger partial charge in [0.1, 0.15) is 0 Å². The first kappa shape index (κ1) is 8.99. The average molecular weight is 169 g/mol. The van der Waals surface area contributed by atoms with Crippen LogP contribution in [0, 0.1) is 0 Å². The third-order valence-electron chi connectivity index (χ3n) is 1.50. The number of hydrogen-bond acceptors (Lipinski definition) is 4. The summed E-state index contributed by atoms with van der Waals surface area (Å²) in [5.74, 6) is 0.814. The Morgan fingerprint density at radius 3 is 3.00 bits per heavy atom. The van der Waals surface area contributed by atoms with Crippen LogP contribution in [0.15, 0.2) is 6.20 Å². The van der Waals surface area contributed by atoms with E-state index in [0.717, 1.165) is 25.3 Å². The van der Waals surface area contributed by atoms with Crippen LogP contribution in [0.25, 0.3) is 0 Å². The SMILES string of the molecule is CN(C)CCCNc1c[nH]nn1. The number of nitrogens with zero attached hydrogens (tertiary/aromatic N) is 3. The molecule has 1 aromatic heterocycles. The van der Waals surface area contributed by atoms with E-state index in [0.29, 0.717) is 0 Å². The van der Waals surface area contributed by atoms with Crippen LogP contribution in [0.1, 0.15) is 6.42 Å². The second-order valence-corrected chi connectivity index (χ2v) is 2.94. The zero-order valence-corrected chi connectivity index (χ0v) is 7.54. The fourth-order valence-corrected chi connectivity index (χ4v) is 0.900. The highest BCUT2D eigenvalue weighted by atomic mass is 15.3. The molecule has 0 saturated carbocycles. The summed E-state index contributed by atoms with van der Waals surface area (Å²) in [6, 6.07) is 0. The van der Waals surface area contributed by atoms with Gasteiger partial charge in [0.2, 0.25) is 0 Å². The van der Waals surface area contributed by atoms with E-state index in [1.807, 2.05) is 0 Å². The number of anilines is 1. The van der Waals surface area contributed by atoms with E-state index in [9.17, 15) is 0 Å². The number of aromatic amines is 1. The zero-order chi connectivity index (χ0) is 8.81. The van der Waals surface area contributed by atoms with Crippen molar-refractivity contribution in [3.05, 3.63) is 6.20 Å². The highest BCUT2D eigenvalue weighted by Gasteiger charge is 1.93. The number of rotatable bonds is 5. The highest BCUT2D eigenvalue weighted by molar-refractivity contribution is 5.27. The van der Waals surface area contributed by atoms with E-state index in [2.05, 4.69) is 39.7 Å². The minimum Gasteiger partial charge on any atom is -0.367 e. The summed E-state index contributed by atoms with van der Waals surface area (Å²) in [6.07, 6.45) is 2.86. The van der Waals surface area contributed by atoms with Gasteiger partial charge in [-0.3, -0.25) is 5.10 Å². The Hall–Kier alpha value is -1.10. The quantitative estimate of drug-likeness (QED) is 0.617. The second-order valence-electron chi connectivity index (χ2n) is 2.94. The third-order valence-corrected chi connectivity index (χ3v) is 1.50. The van der Waals surface area contributed by atoms with Crippen LogP contribution in [-0.4, -0.2) is 47.5 Å². The molecule has 1 aromatic rings. The largest absolute Gasteiger partial charge is 0.367 e. The van der Waals surface area contributed by atoms with Crippen molar-refractivity contribution >= 4 is 5.82 Å². The summed E-state index contributed by atoms with van der Waals surface area (Å²) in [7, 11) is 4.13. The molecule has 0 aliphatic rings. The van der Waals surface area contributed by atoms with Gasteiger partial charge < -0.3 is 10.2 Å². The van der Waals surface area contributed by atoms with Gasteiger partial charge in [-0.05, 0) is 27.1 Å². The second kappa shape index (κ2) is 4.71. The molecule has 0 unspecified atom stereocenters. The maximum Gasteiger partial charge on any atom is 0.168 e. The van der Waals surface area contributed by atoms with Crippen molar-refractivity contribution in [1.29, 1.82) is 0 Å². The molecule has 0 radical (unpaired) electrons. The Balaban J connectivity index is 2.04. The van der Waals surface area contributed by atoms with Gasteiger partial charge in [-0.2, -0.15) is 0 Å². The smallest absolute Gasteiger partial charge is 0.168 e. The Labute approximate surface area is 72.2 Å². The van der Waals surface area contributed by atoms with Crippen LogP contribution in [0.5, 0.6) is 0 Å². The standard InChI is InChI=1S/C7H15N5/c1-12(2)5-3-4-8-7-6-9-11-10-7/h6H,3-5H2,1-2H3,(H2,8,9,10,11). The van der Waals surface area contributed by atoms with Gasteiger partial charge in [-0.25, -0.2) is 0 Å². The minimum atomic E-state index is 0.814. The molecule has 5 heteroatoms. The minimum absolute atomic E-state index is 0.814. The Bertz CT molecular complexity index is 194. The Morgan fingerprint density at radius 2 is 2.42 bits per heavy atom. The van der Waals surface area contributed by atoms with Crippen molar-refractivity contribution in [2.75, 3.05) is 32.5 Å². The summed E-state index contributed by atoms with van der Waals surface area (Å²) in [5.41, 5.74) is 0. The van der Waals surface area contributed by atoms with Crippen LogP contribution in [-0.2, 0) is 0 Å². The van der Waals surface area contributed by atoms with Gasteiger partial charge in [0, 0.05) is 6.54 Å². The van der Waals surface area contributed by atoms with Gasteiger partial charge >= 0.3 is 0 Å². The first-order valence-corrected chi connectivity index (χ1v) is 4.04. The average Bonchev–Trinajstić information content (AvgIpc) is 2.49. The molecule has 0 aromatic carbocycles. The van der Waals surface area contributed by atoms with Crippen molar-refractivity contribution < 1.29 is 0 Å². The van der Waals surface area contributed by atoms with Crippen molar-refractivity contribution in [2.45, 2.75) is 6.42 Å². The van der Waals surface area contributed by atoms with Crippen LogP contribution in [0.2, 0.25) is 0 Å². The van der Waals surface area contributed by atoms with Crippen molar-refractivity contribution in [1.82, 2.24) is 20.3 Å². The van der Waals surface area contributed by atoms with Gasteiger partial charge in [0.25, 0.3) is 0 Å². The van der Waals surface area contributed by atoms with Crippen molar-refractivity contribution in [3.8, 4) is 0 Å². The normalized spacial score (nSPS) is 10.6. The van der Waals surface area contributed by atoms with Gasteiger partial charge in [0.05, 0.1) is 6.20 Å². The van der Waals surface area contributed by atoms with E-state index in [1.54, 1.807) is 6.20 Å². The summed E-state index contributed by atoms with van der Waals surface area (Å²) in [5, 5.41) is 13.2. The van der Waals surface area contributed by atoms with Gasteiger partial charge in [-0.1, -0.05) is 5.21 Å². The molecule has 0 bridgehead atoms. The Kier molecular flexibility index (Phi) is 3.53. The lowest BCUT2D eigenvalue weighted by molar-refractivity contribution is 0.405. The summed E-state index contributed by atoms with van der Waals surface area (Å²) in [4.78, 5) is 2.16. The molecule has 68 valence electrons. The van der Waals surface area contributed by atoms with Crippen molar-refractivity contribution in [2.24, 2.45) is 0 Å². The lowest BCUT2D eigenvalue weighted by Gasteiger charge is -2.08. The summed E-state index contributed by atoms with van der Waals surface area (Å²) >= 11 is 0. The van der Waals surface area contributed by atoms with E-state index < -0.39 is 0 Å². The summed E-state index contributed by atoms with van der Waals surface area (Å²) < 4.78 is 0. The van der Waals surface area contributed by atoms with Crippen LogP contribution < -0.4 is 5.32 Å². The van der Waals surface area contributed by atoms with E-state index in [1.165, 1.54) is 0 Å². The maximum atomic E-state index is 3.80. The molecule has 1 heterocycles. The predicted molar refractivity (Wildman–Crippen MR) is 48.0 cm³/mol. The van der Waals surface area contributed by atoms with Gasteiger partial charge in [-0.15, -0.1) is 5.10 Å². The van der Waals surface area contributed by atoms with Crippen LogP contribution in [0.3, 0.4) is 0 Å². The topological polar surface area (TPSA) is 56.8 Å². The van der Waals surface area contributed by atoms with Crippen LogP contribution in [0.4, 0.5) is 5.82 Å². The lowest BCUT2D eigenvalue weighted by Crippen LogP contribution is -2.16. The number of nitrogens with one attached hydrogen (secondary N) is 2. The highest BCUT2D eigenvalue weighted by Crippen LogP contribution is 1.95. The molecule has 0 aliphatic heterocycles. The Morgan fingerprint density at radius 1 is 1.58 bits per heavy atom. The first-order valence-electron chi connectivity index (χ1n) is 4.04. The fourth-order valence-electron chi connectivity index (χ4n) is 0.900. The first-order chi connectivity index (χ1) is 5.79. The van der Waals surface area contributed by atoms with E-state index in [4.69, 9.17) is 0 Å². The van der Waals surface area contributed by atoms with Crippen LogP contribution >= 0.6 is 0 Å². The molecule has 5 nitrogen and oxygen atoms in total. The molecule has 0 fully saturated rings. The molecule has 12 heavy (non-hydrogen) atoms. The van der Waals surface area contributed by atoms with E-state index in [-0.39, 0.29) is 0 Å². The maximum absolute atomic E-state index is 3.80. The third kappa shape index (κ3) is 3.34. The molecular weight excluding hydrogens is 154 g/mol. The van der Waals surface area contributed by atoms with Gasteiger partial charge in [0.15, 0.2) is 5.82 Å². The predicted octanol–water partition coefficient (Wildman–Crippen LogP) is 0.168. The van der Waals surface area contributed by atoms with E-state index >= 15 is 0 Å². The molecule has 0 spiro atoms. The van der Waals surface area contributed by atoms with Crippen molar-refractivity contribution in [3.63, 3.8) is 0 Å². The zero-order valence-electron chi connectivity index (χ0n) is 7.54. The number of hydrogen-bond donors (Lipinski definition) is 2.